The minimum absolute atomic E-state index is 0.303. The number of anilines is 4. The van der Waals surface area contributed by atoms with E-state index in [9.17, 15) is 4.79 Å². The summed E-state index contributed by atoms with van der Waals surface area (Å²) in [6, 6.07) is 13.1. The highest BCUT2D eigenvalue weighted by Gasteiger charge is 2.18. The third kappa shape index (κ3) is 5.59. The lowest BCUT2D eigenvalue weighted by Crippen LogP contribution is -2.26. The lowest BCUT2D eigenvalue weighted by atomic mass is 10.1. The molecule has 36 heavy (non-hydrogen) atoms. The number of carbonyl (C=O) groups is 1. The van der Waals surface area contributed by atoms with E-state index in [0.717, 1.165) is 24.5 Å². The van der Waals surface area contributed by atoms with Gasteiger partial charge in [0.1, 0.15) is 5.15 Å². The second-order valence-corrected chi connectivity index (χ2v) is 8.55. The molecule has 3 N–H and O–H groups in total. The fraction of sp³-hybridized carbons (Fsp3) is 0.200. The van der Waals surface area contributed by atoms with Crippen LogP contribution in [0.3, 0.4) is 0 Å². The largest absolute Gasteiger partial charge is 0.383 e. The van der Waals surface area contributed by atoms with Crippen molar-refractivity contribution in [2.45, 2.75) is 6.92 Å². The molecule has 2 aromatic heterocycles. The number of nitrogens with zero attached hydrogens (tertiary/aromatic N) is 4. The first-order valence-corrected chi connectivity index (χ1v) is 11.9. The number of aromatic amines is 1. The van der Waals surface area contributed by atoms with Crippen molar-refractivity contribution in [3.63, 3.8) is 0 Å². The maximum atomic E-state index is 11.8. The lowest BCUT2D eigenvalue weighted by Gasteiger charge is -2.23. The summed E-state index contributed by atoms with van der Waals surface area (Å²) < 4.78 is 5.23. The van der Waals surface area contributed by atoms with Crippen LogP contribution >= 0.6 is 23.2 Å². The van der Waals surface area contributed by atoms with Crippen LogP contribution in [0.15, 0.2) is 55.1 Å². The SMILES string of the molecule is C=CC(=O)Nc1cc(-c2nc(Nc3cccc(N(CC)CCOC)c3)nc3n[nH]c(Cl)c23)ccc1Cl. The molecule has 0 aliphatic heterocycles. The molecule has 186 valence electrons. The van der Waals surface area contributed by atoms with Crippen LogP contribution in [0.4, 0.5) is 23.0 Å². The number of hydrogen-bond acceptors (Lipinski definition) is 7. The Morgan fingerprint density at radius 3 is 2.81 bits per heavy atom. The van der Waals surface area contributed by atoms with Gasteiger partial charge in [-0.25, -0.2) is 4.98 Å². The first kappa shape index (κ1) is 25.4. The maximum absolute atomic E-state index is 11.8. The summed E-state index contributed by atoms with van der Waals surface area (Å²) in [4.78, 5) is 23.3. The second-order valence-electron chi connectivity index (χ2n) is 7.77. The van der Waals surface area contributed by atoms with Gasteiger partial charge in [0.15, 0.2) is 5.65 Å². The number of amides is 1. The summed E-state index contributed by atoms with van der Waals surface area (Å²) >= 11 is 12.7. The smallest absolute Gasteiger partial charge is 0.247 e. The first-order chi connectivity index (χ1) is 17.4. The van der Waals surface area contributed by atoms with E-state index >= 15 is 0 Å². The predicted molar refractivity (Wildman–Crippen MR) is 145 cm³/mol. The molecule has 4 aromatic rings. The summed E-state index contributed by atoms with van der Waals surface area (Å²) in [5, 5.41) is 14.2. The number of hydrogen-bond donors (Lipinski definition) is 3. The van der Waals surface area contributed by atoms with Gasteiger partial charge in [0.25, 0.3) is 0 Å². The average Bonchev–Trinajstić information content (AvgIpc) is 3.26. The van der Waals surface area contributed by atoms with Crippen molar-refractivity contribution in [3.8, 4) is 11.3 Å². The van der Waals surface area contributed by atoms with Gasteiger partial charge >= 0.3 is 0 Å². The van der Waals surface area contributed by atoms with Gasteiger partial charge in [0.2, 0.25) is 11.9 Å². The second kappa shape index (κ2) is 11.4. The van der Waals surface area contributed by atoms with Crippen LogP contribution in [0.1, 0.15) is 6.92 Å². The minimum atomic E-state index is -0.378. The zero-order chi connectivity index (χ0) is 25.7. The number of nitrogens with one attached hydrogen (secondary N) is 3. The molecule has 0 saturated carbocycles. The van der Waals surface area contributed by atoms with Crippen molar-refractivity contribution in [1.82, 2.24) is 20.2 Å². The molecule has 11 heteroatoms. The van der Waals surface area contributed by atoms with Crippen LogP contribution in [0.2, 0.25) is 10.2 Å². The van der Waals surface area contributed by atoms with Crippen molar-refractivity contribution >= 4 is 63.2 Å². The number of rotatable bonds is 10. The zero-order valence-electron chi connectivity index (χ0n) is 19.8. The fourth-order valence-electron chi connectivity index (χ4n) is 3.69. The maximum Gasteiger partial charge on any atom is 0.247 e. The highest BCUT2D eigenvalue weighted by molar-refractivity contribution is 6.35. The number of methoxy groups -OCH3 is 1. The molecule has 2 heterocycles. The third-order valence-electron chi connectivity index (χ3n) is 5.47. The normalized spacial score (nSPS) is 10.9. The van der Waals surface area contributed by atoms with Crippen molar-refractivity contribution in [2.24, 2.45) is 0 Å². The van der Waals surface area contributed by atoms with Crippen LogP contribution in [0, 0.1) is 0 Å². The topological polar surface area (TPSA) is 108 Å². The van der Waals surface area contributed by atoms with E-state index in [2.05, 4.69) is 44.2 Å². The van der Waals surface area contributed by atoms with Gasteiger partial charge in [-0.2, -0.15) is 10.1 Å². The van der Waals surface area contributed by atoms with E-state index in [0.29, 0.717) is 50.7 Å². The summed E-state index contributed by atoms with van der Waals surface area (Å²) in [6.45, 7) is 7.82. The van der Waals surface area contributed by atoms with Gasteiger partial charge in [-0.3, -0.25) is 9.89 Å². The fourth-order valence-corrected chi connectivity index (χ4v) is 4.07. The van der Waals surface area contributed by atoms with Gasteiger partial charge in [-0.05, 0) is 43.3 Å². The third-order valence-corrected chi connectivity index (χ3v) is 6.07. The van der Waals surface area contributed by atoms with Crippen LogP contribution in [-0.4, -0.2) is 52.9 Å². The number of H-pyrrole nitrogens is 1. The standard InChI is InChI=1S/C25H25Cl2N7O2/c1-4-20(35)29-19-13-15(9-10-18(19)26)22-21-23(27)32-33-24(21)31-25(30-22)28-16-7-6-8-17(14-16)34(5-2)11-12-36-3/h4,6-10,13-14H,1,5,11-12H2,2-3H3,(H,29,35)(H2,28,30,31,32,33). The molecule has 9 nitrogen and oxygen atoms in total. The Bertz CT molecular complexity index is 1410. The van der Waals surface area contributed by atoms with Gasteiger partial charge < -0.3 is 20.3 Å². The van der Waals surface area contributed by atoms with E-state index in [1.54, 1.807) is 25.3 Å². The quantitative estimate of drug-likeness (QED) is 0.229. The molecule has 0 atom stereocenters. The molecule has 0 unspecified atom stereocenters. The van der Waals surface area contributed by atoms with Crippen molar-refractivity contribution < 1.29 is 9.53 Å². The van der Waals surface area contributed by atoms with E-state index in [-0.39, 0.29) is 5.91 Å². The number of halogens is 2. The lowest BCUT2D eigenvalue weighted by molar-refractivity contribution is -0.111. The number of carbonyl (C=O) groups excluding carboxylic acids is 1. The molecular weight excluding hydrogens is 501 g/mol. The van der Waals surface area contributed by atoms with Gasteiger partial charge in [-0.15, -0.1) is 0 Å². The number of benzene rings is 2. The van der Waals surface area contributed by atoms with Crippen LogP contribution in [0.5, 0.6) is 0 Å². The van der Waals surface area contributed by atoms with Gasteiger partial charge in [-0.1, -0.05) is 41.9 Å². The molecule has 2 aromatic carbocycles. The molecule has 0 bridgehead atoms. The number of likely N-dealkylation sites (N-methyl/N-ethyl adjacent to an activating group) is 1. The van der Waals surface area contributed by atoms with Crippen LogP contribution in [0.25, 0.3) is 22.3 Å². The molecule has 0 radical (unpaired) electrons. The highest BCUT2D eigenvalue weighted by atomic mass is 35.5. The van der Waals surface area contributed by atoms with E-state index < -0.39 is 0 Å². The molecule has 0 spiro atoms. The average molecular weight is 526 g/mol. The highest BCUT2D eigenvalue weighted by Crippen LogP contribution is 2.35. The molecule has 0 fully saturated rings. The van der Waals surface area contributed by atoms with E-state index in [4.69, 9.17) is 32.9 Å². The monoisotopic (exact) mass is 525 g/mol. The number of fused-ring (bicyclic) bond motifs is 1. The van der Waals surface area contributed by atoms with E-state index in [1.165, 1.54) is 6.08 Å². The van der Waals surface area contributed by atoms with Crippen LogP contribution < -0.4 is 15.5 Å². The molecule has 4 rings (SSSR count). The minimum Gasteiger partial charge on any atom is -0.383 e. The predicted octanol–water partition coefficient (Wildman–Crippen LogP) is 5.67. The van der Waals surface area contributed by atoms with Crippen molar-refractivity contribution in [2.75, 3.05) is 42.3 Å². The van der Waals surface area contributed by atoms with Crippen molar-refractivity contribution in [3.05, 3.63) is 65.3 Å². The molecule has 0 aliphatic rings. The summed E-state index contributed by atoms with van der Waals surface area (Å²) in [5.74, 6) is -0.0403. The van der Waals surface area contributed by atoms with Crippen LogP contribution in [-0.2, 0) is 9.53 Å². The summed E-state index contributed by atoms with van der Waals surface area (Å²) in [6.07, 6.45) is 1.17. The Labute approximate surface area is 218 Å². The molecule has 0 aliphatic carbocycles. The zero-order valence-corrected chi connectivity index (χ0v) is 21.3. The number of ether oxygens (including phenoxy) is 1. The van der Waals surface area contributed by atoms with E-state index in [1.807, 2.05) is 24.3 Å². The molecular formula is C25H25Cl2N7O2. The Hall–Kier alpha value is -3.66. The Balaban J connectivity index is 1.73. The van der Waals surface area contributed by atoms with Crippen molar-refractivity contribution in [1.29, 1.82) is 0 Å². The molecule has 1 amide bonds. The summed E-state index contributed by atoms with van der Waals surface area (Å²) in [7, 11) is 1.69. The Morgan fingerprint density at radius 1 is 1.22 bits per heavy atom. The number of aromatic nitrogens is 4. The molecule has 0 saturated heterocycles. The van der Waals surface area contributed by atoms with Gasteiger partial charge in [0, 0.05) is 37.1 Å². The van der Waals surface area contributed by atoms with Gasteiger partial charge in [0.05, 0.1) is 28.4 Å². The Morgan fingerprint density at radius 2 is 2.06 bits per heavy atom. The first-order valence-electron chi connectivity index (χ1n) is 11.2. The summed E-state index contributed by atoms with van der Waals surface area (Å²) in [5.41, 5.74) is 3.87. The Kier molecular flexibility index (Phi) is 8.04.